The van der Waals surface area contributed by atoms with Crippen LogP contribution < -0.4 is 10.6 Å². The monoisotopic (exact) mass is 310 g/mol. The molecular weight excluding hydrogens is 288 g/mol. The van der Waals surface area contributed by atoms with Crippen LogP contribution in [0.3, 0.4) is 0 Å². The number of hydrogen-bond acceptors (Lipinski definition) is 5. The highest BCUT2D eigenvalue weighted by Gasteiger charge is 2.33. The van der Waals surface area contributed by atoms with E-state index in [-0.39, 0.29) is 0 Å². The first kappa shape index (κ1) is 14.7. The van der Waals surface area contributed by atoms with Crippen molar-refractivity contribution in [3.8, 4) is 0 Å². The highest BCUT2D eigenvalue weighted by molar-refractivity contribution is 7.89. The highest BCUT2D eigenvalue weighted by atomic mass is 32.2. The van der Waals surface area contributed by atoms with Gasteiger partial charge in [-0.1, -0.05) is 6.07 Å². The molecule has 2 fully saturated rings. The van der Waals surface area contributed by atoms with Crippen molar-refractivity contribution in [2.45, 2.75) is 19.4 Å². The van der Waals surface area contributed by atoms with Gasteiger partial charge in [-0.3, -0.25) is 0 Å². The van der Waals surface area contributed by atoms with Crippen LogP contribution in [0.15, 0.2) is 18.3 Å². The summed E-state index contributed by atoms with van der Waals surface area (Å²) in [6, 6.07) is 3.93. The van der Waals surface area contributed by atoms with Gasteiger partial charge in [-0.15, -0.1) is 0 Å². The van der Waals surface area contributed by atoms with Gasteiger partial charge in [-0.2, -0.15) is 4.31 Å². The molecule has 0 aromatic carbocycles. The Bertz CT molecular complexity index is 575. The molecule has 1 aliphatic heterocycles. The number of anilines is 1. The Morgan fingerprint density at radius 3 is 2.43 bits per heavy atom. The Balaban J connectivity index is 1.58. The zero-order valence-corrected chi connectivity index (χ0v) is 12.9. The number of piperazine rings is 1. The third-order valence-corrected chi connectivity index (χ3v) is 6.19. The number of nitrogens with two attached hydrogens (primary N) is 1. The fraction of sp³-hybridized carbons (Fsp3) is 0.643. The van der Waals surface area contributed by atoms with E-state index in [2.05, 4.69) is 9.88 Å². The predicted octanol–water partition coefficient (Wildman–Crippen LogP) is 0.402. The SMILES string of the molecule is NCc1ccc(N2CCN(S(=O)(=O)CC3CC3)CC2)nc1. The van der Waals surface area contributed by atoms with Gasteiger partial charge in [0.15, 0.2) is 0 Å². The minimum Gasteiger partial charge on any atom is -0.354 e. The van der Waals surface area contributed by atoms with Crippen molar-refractivity contribution in [1.82, 2.24) is 9.29 Å². The average Bonchev–Trinajstić information content (AvgIpc) is 3.31. The molecule has 0 atom stereocenters. The first-order valence-corrected chi connectivity index (χ1v) is 9.07. The molecule has 0 amide bonds. The van der Waals surface area contributed by atoms with Crippen LogP contribution in [0.4, 0.5) is 5.82 Å². The molecule has 2 N–H and O–H groups in total. The summed E-state index contributed by atoms with van der Waals surface area (Å²) >= 11 is 0. The second kappa shape index (κ2) is 5.90. The summed E-state index contributed by atoms with van der Waals surface area (Å²) in [4.78, 5) is 6.53. The Morgan fingerprint density at radius 1 is 1.19 bits per heavy atom. The Morgan fingerprint density at radius 2 is 1.90 bits per heavy atom. The number of sulfonamides is 1. The summed E-state index contributed by atoms with van der Waals surface area (Å²) in [5.74, 6) is 1.63. The van der Waals surface area contributed by atoms with Crippen LogP contribution in [0.5, 0.6) is 0 Å². The van der Waals surface area contributed by atoms with Crippen molar-refractivity contribution in [1.29, 1.82) is 0 Å². The first-order chi connectivity index (χ1) is 10.1. The zero-order chi connectivity index (χ0) is 14.9. The van der Waals surface area contributed by atoms with Crippen LogP contribution in [0, 0.1) is 5.92 Å². The van der Waals surface area contributed by atoms with Gasteiger partial charge in [0, 0.05) is 38.9 Å². The number of pyridine rings is 1. The molecule has 0 unspecified atom stereocenters. The van der Waals surface area contributed by atoms with Crippen molar-refractivity contribution in [2.24, 2.45) is 11.7 Å². The largest absolute Gasteiger partial charge is 0.354 e. The molecular formula is C14H22N4O2S. The van der Waals surface area contributed by atoms with E-state index in [1.54, 1.807) is 10.5 Å². The second-order valence-corrected chi connectivity index (χ2v) is 7.85. The van der Waals surface area contributed by atoms with E-state index >= 15 is 0 Å². The standard InChI is InChI=1S/C14H22N4O2S/c15-9-13-3-4-14(16-10-13)17-5-7-18(8-6-17)21(19,20)11-12-1-2-12/h3-4,10,12H,1-2,5-9,11,15H2. The summed E-state index contributed by atoms with van der Waals surface area (Å²) in [5, 5.41) is 0. The van der Waals surface area contributed by atoms with Crippen LogP contribution in [-0.4, -0.2) is 49.6 Å². The van der Waals surface area contributed by atoms with Crippen LogP contribution >= 0.6 is 0 Å². The molecule has 7 heteroatoms. The fourth-order valence-corrected chi connectivity index (χ4v) is 4.47. The molecule has 1 aromatic rings. The fourth-order valence-electron chi connectivity index (χ4n) is 2.61. The summed E-state index contributed by atoms with van der Waals surface area (Å²) in [5.41, 5.74) is 6.57. The van der Waals surface area contributed by atoms with E-state index in [1.165, 1.54) is 0 Å². The summed E-state index contributed by atoms with van der Waals surface area (Å²) in [6.07, 6.45) is 3.92. The molecule has 1 saturated heterocycles. The molecule has 21 heavy (non-hydrogen) atoms. The maximum absolute atomic E-state index is 12.2. The van der Waals surface area contributed by atoms with E-state index in [4.69, 9.17) is 5.73 Å². The van der Waals surface area contributed by atoms with Crippen molar-refractivity contribution in [3.05, 3.63) is 23.9 Å². The van der Waals surface area contributed by atoms with Gasteiger partial charge in [0.2, 0.25) is 10.0 Å². The van der Waals surface area contributed by atoms with E-state index in [0.717, 1.165) is 24.2 Å². The highest BCUT2D eigenvalue weighted by Crippen LogP contribution is 2.31. The molecule has 3 rings (SSSR count). The molecule has 2 aliphatic rings. The Kier molecular flexibility index (Phi) is 4.14. The maximum atomic E-state index is 12.2. The van der Waals surface area contributed by atoms with Crippen LogP contribution in [-0.2, 0) is 16.6 Å². The minimum absolute atomic E-state index is 0.330. The number of hydrogen-bond donors (Lipinski definition) is 1. The quantitative estimate of drug-likeness (QED) is 0.852. The van der Waals surface area contributed by atoms with Gasteiger partial charge in [0.1, 0.15) is 5.82 Å². The van der Waals surface area contributed by atoms with Crippen molar-refractivity contribution >= 4 is 15.8 Å². The lowest BCUT2D eigenvalue weighted by molar-refractivity contribution is 0.383. The van der Waals surface area contributed by atoms with E-state index in [0.29, 0.717) is 44.4 Å². The maximum Gasteiger partial charge on any atom is 0.214 e. The summed E-state index contributed by atoms with van der Waals surface area (Å²) < 4.78 is 26.1. The van der Waals surface area contributed by atoms with Crippen LogP contribution in [0.25, 0.3) is 0 Å². The molecule has 0 spiro atoms. The molecule has 0 bridgehead atoms. The summed E-state index contributed by atoms with van der Waals surface area (Å²) in [7, 11) is -3.07. The molecule has 1 aliphatic carbocycles. The van der Waals surface area contributed by atoms with Gasteiger partial charge >= 0.3 is 0 Å². The zero-order valence-electron chi connectivity index (χ0n) is 12.1. The van der Waals surface area contributed by atoms with Gasteiger partial charge in [-0.05, 0) is 30.4 Å². The van der Waals surface area contributed by atoms with Crippen molar-refractivity contribution < 1.29 is 8.42 Å². The average molecular weight is 310 g/mol. The minimum atomic E-state index is -3.07. The Hall–Kier alpha value is -1.18. The van der Waals surface area contributed by atoms with Gasteiger partial charge in [0.05, 0.1) is 5.75 Å². The van der Waals surface area contributed by atoms with Gasteiger partial charge < -0.3 is 10.6 Å². The molecule has 6 nitrogen and oxygen atoms in total. The number of rotatable bonds is 5. The number of aromatic nitrogens is 1. The third kappa shape index (κ3) is 3.53. The lowest BCUT2D eigenvalue weighted by Gasteiger charge is -2.34. The topological polar surface area (TPSA) is 79.5 Å². The van der Waals surface area contributed by atoms with Crippen LogP contribution in [0.2, 0.25) is 0 Å². The van der Waals surface area contributed by atoms with Crippen molar-refractivity contribution in [2.75, 3.05) is 36.8 Å². The predicted molar refractivity (Wildman–Crippen MR) is 82.4 cm³/mol. The lowest BCUT2D eigenvalue weighted by atomic mass is 10.2. The first-order valence-electron chi connectivity index (χ1n) is 7.46. The number of nitrogens with zero attached hydrogens (tertiary/aromatic N) is 3. The molecule has 0 radical (unpaired) electrons. The van der Waals surface area contributed by atoms with Crippen LogP contribution in [0.1, 0.15) is 18.4 Å². The van der Waals surface area contributed by atoms with E-state index in [1.807, 2.05) is 12.1 Å². The molecule has 2 heterocycles. The summed E-state index contributed by atoms with van der Waals surface area (Å²) in [6.45, 7) is 2.98. The second-order valence-electron chi connectivity index (χ2n) is 5.84. The van der Waals surface area contributed by atoms with E-state index in [9.17, 15) is 8.42 Å². The Labute approximate surface area is 126 Å². The van der Waals surface area contributed by atoms with Gasteiger partial charge in [0.25, 0.3) is 0 Å². The smallest absolute Gasteiger partial charge is 0.214 e. The van der Waals surface area contributed by atoms with Gasteiger partial charge in [-0.25, -0.2) is 13.4 Å². The normalized spacial score (nSPS) is 20.7. The van der Waals surface area contributed by atoms with E-state index < -0.39 is 10.0 Å². The van der Waals surface area contributed by atoms with Crippen molar-refractivity contribution in [3.63, 3.8) is 0 Å². The molecule has 116 valence electrons. The molecule has 1 saturated carbocycles. The molecule has 1 aromatic heterocycles. The lowest BCUT2D eigenvalue weighted by Crippen LogP contribution is -2.49. The third-order valence-electron chi connectivity index (χ3n) is 4.14.